The first-order valence-electron chi connectivity index (χ1n) is 6.43. The minimum Gasteiger partial charge on any atom is -0.507 e. The number of phenols is 1. The van der Waals surface area contributed by atoms with E-state index in [2.05, 4.69) is 5.32 Å². The molecule has 3 nitrogen and oxygen atoms in total. The van der Waals surface area contributed by atoms with Gasteiger partial charge in [-0.3, -0.25) is 4.79 Å². The molecule has 2 N–H and O–H groups in total. The van der Waals surface area contributed by atoms with E-state index in [0.29, 0.717) is 17.5 Å². The highest BCUT2D eigenvalue weighted by atomic mass is 127. The zero-order valence-electron chi connectivity index (χ0n) is 10.0. The molecule has 0 saturated heterocycles. The second-order valence-corrected chi connectivity index (χ2v) is 6.58. The number of rotatable bonds is 2. The predicted octanol–water partition coefficient (Wildman–Crippen LogP) is 2.92. The number of fused-ring (bicyclic) bond motifs is 2. The maximum Gasteiger partial charge on any atom is 0.251 e. The van der Waals surface area contributed by atoms with Crippen molar-refractivity contribution >= 4 is 28.5 Å². The zero-order chi connectivity index (χ0) is 12.7. The Balaban J connectivity index is 1.69. The van der Waals surface area contributed by atoms with Crippen molar-refractivity contribution in [3.63, 3.8) is 0 Å². The molecule has 2 saturated carbocycles. The Kier molecular flexibility index (Phi) is 3.21. The number of aromatic hydroxyl groups is 1. The van der Waals surface area contributed by atoms with Crippen LogP contribution in [0.1, 0.15) is 36.0 Å². The average molecular weight is 357 g/mol. The highest BCUT2D eigenvalue weighted by molar-refractivity contribution is 14.1. The van der Waals surface area contributed by atoms with Crippen molar-refractivity contribution in [2.24, 2.45) is 11.8 Å². The Morgan fingerprint density at radius 1 is 1.33 bits per heavy atom. The molecule has 4 heteroatoms. The van der Waals surface area contributed by atoms with Gasteiger partial charge >= 0.3 is 0 Å². The molecule has 2 aliphatic rings. The molecule has 0 spiro atoms. The van der Waals surface area contributed by atoms with E-state index in [1.807, 2.05) is 22.6 Å². The topological polar surface area (TPSA) is 49.3 Å². The number of hydrogen-bond donors (Lipinski definition) is 2. The van der Waals surface area contributed by atoms with Crippen LogP contribution in [0.3, 0.4) is 0 Å². The Morgan fingerprint density at radius 3 is 2.78 bits per heavy atom. The fourth-order valence-corrected chi connectivity index (χ4v) is 3.66. The number of hydrogen-bond acceptors (Lipinski definition) is 2. The van der Waals surface area contributed by atoms with Crippen molar-refractivity contribution in [3.8, 4) is 5.75 Å². The Bertz CT molecular complexity index is 489. The zero-order valence-corrected chi connectivity index (χ0v) is 12.2. The summed E-state index contributed by atoms with van der Waals surface area (Å²) in [6.45, 7) is 0. The van der Waals surface area contributed by atoms with Crippen LogP contribution in [0.5, 0.6) is 5.75 Å². The maximum absolute atomic E-state index is 12.1. The van der Waals surface area contributed by atoms with Crippen LogP contribution in [0.15, 0.2) is 18.2 Å². The Labute approximate surface area is 120 Å². The van der Waals surface area contributed by atoms with Crippen LogP contribution in [0.4, 0.5) is 0 Å². The summed E-state index contributed by atoms with van der Waals surface area (Å²) < 4.78 is 0.768. The van der Waals surface area contributed by atoms with Crippen molar-refractivity contribution in [1.82, 2.24) is 5.32 Å². The summed E-state index contributed by atoms with van der Waals surface area (Å²) in [7, 11) is 0. The van der Waals surface area contributed by atoms with Crippen LogP contribution in [-0.4, -0.2) is 17.1 Å². The predicted molar refractivity (Wildman–Crippen MR) is 77.5 cm³/mol. The molecule has 0 aliphatic heterocycles. The molecule has 1 aromatic rings. The second kappa shape index (κ2) is 4.72. The molecule has 0 radical (unpaired) electrons. The van der Waals surface area contributed by atoms with E-state index in [4.69, 9.17) is 0 Å². The third-order valence-corrected chi connectivity index (χ3v) is 5.18. The maximum atomic E-state index is 12.1. The van der Waals surface area contributed by atoms with Crippen molar-refractivity contribution in [3.05, 3.63) is 27.3 Å². The average Bonchev–Trinajstić information content (AvgIpc) is 2.94. The lowest BCUT2D eigenvalue weighted by atomic mass is 9.95. The van der Waals surface area contributed by atoms with Crippen LogP contribution in [0.2, 0.25) is 0 Å². The summed E-state index contributed by atoms with van der Waals surface area (Å²) >= 11 is 2.05. The first kappa shape index (κ1) is 12.3. The minimum absolute atomic E-state index is 0.0562. The van der Waals surface area contributed by atoms with Crippen LogP contribution in [-0.2, 0) is 0 Å². The molecule has 3 unspecified atom stereocenters. The van der Waals surface area contributed by atoms with Crippen molar-refractivity contribution in [1.29, 1.82) is 0 Å². The van der Waals surface area contributed by atoms with Crippen molar-refractivity contribution in [2.45, 2.75) is 31.7 Å². The van der Waals surface area contributed by atoms with Gasteiger partial charge in [0.1, 0.15) is 5.75 Å². The quantitative estimate of drug-likeness (QED) is 0.800. The molecular formula is C14H16INO2. The van der Waals surface area contributed by atoms with Gasteiger partial charge in [-0.1, -0.05) is 6.42 Å². The largest absolute Gasteiger partial charge is 0.507 e. The minimum atomic E-state index is -0.0562. The highest BCUT2D eigenvalue weighted by Crippen LogP contribution is 2.44. The highest BCUT2D eigenvalue weighted by Gasteiger charge is 2.40. The fourth-order valence-electron chi connectivity index (χ4n) is 3.33. The van der Waals surface area contributed by atoms with E-state index in [0.717, 1.165) is 15.9 Å². The lowest BCUT2D eigenvalue weighted by Gasteiger charge is -2.22. The molecule has 1 aromatic carbocycles. The first-order valence-corrected chi connectivity index (χ1v) is 7.50. The fraction of sp³-hybridized carbons (Fsp3) is 0.500. The molecule has 18 heavy (non-hydrogen) atoms. The molecule has 0 aromatic heterocycles. The molecule has 2 aliphatic carbocycles. The van der Waals surface area contributed by atoms with Crippen LogP contribution in [0, 0.1) is 15.4 Å². The standard InChI is InChI=1S/C14H16INO2/c15-11-4-3-10(7-13(11)17)14(18)16-12-6-8-1-2-9(12)5-8/h3-4,7-9,12,17H,1-2,5-6H2,(H,16,18). The lowest BCUT2D eigenvalue weighted by molar-refractivity contribution is 0.0922. The SMILES string of the molecule is O=C(NC1CC2CCC1C2)c1ccc(I)c(O)c1. The Morgan fingerprint density at radius 2 is 2.17 bits per heavy atom. The normalized spacial score (nSPS) is 29.5. The summed E-state index contributed by atoms with van der Waals surface area (Å²) in [5.74, 6) is 1.62. The van der Waals surface area contributed by atoms with Crippen LogP contribution < -0.4 is 5.32 Å². The summed E-state index contributed by atoms with van der Waals surface area (Å²) in [5.41, 5.74) is 0.552. The number of carbonyl (C=O) groups is 1. The summed E-state index contributed by atoms with van der Waals surface area (Å²) in [6, 6.07) is 5.43. The van der Waals surface area contributed by atoms with Crippen LogP contribution >= 0.6 is 22.6 Å². The van der Waals surface area contributed by atoms with E-state index >= 15 is 0 Å². The van der Waals surface area contributed by atoms with E-state index in [9.17, 15) is 9.90 Å². The van der Waals surface area contributed by atoms with Gasteiger partial charge in [-0.25, -0.2) is 0 Å². The van der Waals surface area contributed by atoms with Gasteiger partial charge in [0.15, 0.2) is 0 Å². The molecular weight excluding hydrogens is 341 g/mol. The number of amides is 1. The van der Waals surface area contributed by atoms with Crippen molar-refractivity contribution < 1.29 is 9.90 Å². The van der Waals surface area contributed by atoms with E-state index in [1.165, 1.54) is 19.3 Å². The van der Waals surface area contributed by atoms with Gasteiger partial charge in [0.05, 0.1) is 3.57 Å². The molecule has 2 fully saturated rings. The summed E-state index contributed by atoms with van der Waals surface area (Å²) in [6.07, 6.45) is 5.00. The first-order chi connectivity index (χ1) is 8.63. The van der Waals surface area contributed by atoms with Gasteiger partial charge in [-0.15, -0.1) is 0 Å². The molecule has 2 bridgehead atoms. The Hall–Kier alpha value is -0.780. The monoisotopic (exact) mass is 357 g/mol. The van der Waals surface area contributed by atoms with E-state index in [-0.39, 0.29) is 11.7 Å². The smallest absolute Gasteiger partial charge is 0.251 e. The number of phenolic OH excluding ortho intramolecular Hbond substituents is 1. The molecule has 96 valence electrons. The molecule has 3 rings (SSSR count). The molecule has 3 atom stereocenters. The number of halogens is 1. The molecule has 0 heterocycles. The summed E-state index contributed by atoms with van der Waals surface area (Å²) in [5, 5.41) is 12.7. The summed E-state index contributed by atoms with van der Waals surface area (Å²) in [4.78, 5) is 12.1. The van der Waals surface area contributed by atoms with Crippen molar-refractivity contribution in [2.75, 3.05) is 0 Å². The van der Waals surface area contributed by atoms with Crippen LogP contribution in [0.25, 0.3) is 0 Å². The van der Waals surface area contributed by atoms with Gasteiger partial charge in [-0.05, 0) is 71.9 Å². The van der Waals surface area contributed by atoms with Gasteiger partial charge < -0.3 is 10.4 Å². The van der Waals surface area contributed by atoms with Gasteiger partial charge in [0, 0.05) is 11.6 Å². The van der Waals surface area contributed by atoms with Gasteiger partial charge in [0.25, 0.3) is 5.91 Å². The lowest BCUT2D eigenvalue weighted by Crippen LogP contribution is -2.38. The van der Waals surface area contributed by atoms with Gasteiger partial charge in [-0.2, -0.15) is 0 Å². The number of benzene rings is 1. The van der Waals surface area contributed by atoms with E-state index in [1.54, 1.807) is 18.2 Å². The third kappa shape index (κ3) is 2.22. The third-order valence-electron chi connectivity index (χ3n) is 4.26. The number of nitrogens with one attached hydrogen (secondary N) is 1. The van der Waals surface area contributed by atoms with E-state index < -0.39 is 0 Å². The van der Waals surface area contributed by atoms with Gasteiger partial charge in [0.2, 0.25) is 0 Å². The second-order valence-electron chi connectivity index (χ2n) is 5.42. The molecule has 1 amide bonds. The number of carbonyl (C=O) groups excluding carboxylic acids is 1.